The van der Waals surface area contributed by atoms with E-state index in [0.29, 0.717) is 6.07 Å². The standard InChI is InChI=1S/C17H13ClF6N2O/c1-9-2-4-11(7-12(9)16(19,20)21)25-8-15(27)26-14-5-3-10(18)6-13(14)17(22,23)24/h2-7,25H,8H2,1H3,(H,26,27). The van der Waals surface area contributed by atoms with E-state index in [4.69, 9.17) is 11.6 Å². The molecule has 0 bridgehead atoms. The monoisotopic (exact) mass is 410 g/mol. The molecule has 0 saturated heterocycles. The Morgan fingerprint density at radius 2 is 1.59 bits per heavy atom. The minimum Gasteiger partial charge on any atom is -0.376 e. The van der Waals surface area contributed by atoms with Crippen LogP contribution in [0.3, 0.4) is 0 Å². The number of amides is 1. The van der Waals surface area contributed by atoms with Gasteiger partial charge in [-0.15, -0.1) is 0 Å². The Bertz CT molecular complexity index is 848. The fourth-order valence-electron chi connectivity index (χ4n) is 2.27. The molecule has 0 spiro atoms. The number of hydrogen-bond donors (Lipinski definition) is 2. The largest absolute Gasteiger partial charge is 0.418 e. The Morgan fingerprint density at radius 1 is 0.963 bits per heavy atom. The van der Waals surface area contributed by atoms with Crippen LogP contribution in [0, 0.1) is 6.92 Å². The van der Waals surface area contributed by atoms with Crippen molar-refractivity contribution in [2.24, 2.45) is 0 Å². The van der Waals surface area contributed by atoms with Crippen molar-refractivity contribution in [3.05, 3.63) is 58.1 Å². The molecule has 0 heterocycles. The molecule has 2 rings (SSSR count). The molecule has 0 unspecified atom stereocenters. The lowest BCUT2D eigenvalue weighted by molar-refractivity contribution is -0.138. The van der Waals surface area contributed by atoms with Crippen LogP contribution in [0.5, 0.6) is 0 Å². The van der Waals surface area contributed by atoms with E-state index in [-0.39, 0.29) is 16.3 Å². The zero-order valence-corrected chi connectivity index (χ0v) is 14.5. The molecule has 0 saturated carbocycles. The molecular weight excluding hydrogens is 398 g/mol. The van der Waals surface area contributed by atoms with E-state index in [1.807, 2.05) is 0 Å². The van der Waals surface area contributed by atoms with Crippen LogP contribution < -0.4 is 10.6 Å². The van der Waals surface area contributed by atoms with Gasteiger partial charge in [0.15, 0.2) is 0 Å². The Kier molecular flexibility index (Phi) is 5.94. The highest BCUT2D eigenvalue weighted by Gasteiger charge is 2.34. The van der Waals surface area contributed by atoms with Crippen LogP contribution in [0.15, 0.2) is 36.4 Å². The average Bonchev–Trinajstić information content (AvgIpc) is 2.53. The highest BCUT2D eigenvalue weighted by Crippen LogP contribution is 2.36. The Morgan fingerprint density at radius 3 is 2.19 bits per heavy atom. The third kappa shape index (κ3) is 5.53. The van der Waals surface area contributed by atoms with Crippen molar-refractivity contribution in [2.45, 2.75) is 19.3 Å². The summed E-state index contributed by atoms with van der Waals surface area (Å²) in [5, 5.41) is 4.37. The van der Waals surface area contributed by atoms with Crippen molar-refractivity contribution in [1.82, 2.24) is 0 Å². The minimum absolute atomic E-state index is 0.00786. The number of anilines is 2. The summed E-state index contributed by atoms with van der Waals surface area (Å²) in [5.41, 5.74) is -2.48. The van der Waals surface area contributed by atoms with E-state index in [1.165, 1.54) is 25.1 Å². The number of benzene rings is 2. The van der Waals surface area contributed by atoms with Gasteiger partial charge in [0.25, 0.3) is 0 Å². The summed E-state index contributed by atoms with van der Waals surface area (Å²) in [6.07, 6.45) is -9.30. The van der Waals surface area contributed by atoms with Crippen molar-refractivity contribution in [3.8, 4) is 0 Å². The highest BCUT2D eigenvalue weighted by atomic mass is 35.5. The smallest absolute Gasteiger partial charge is 0.376 e. The first kappa shape index (κ1) is 20.9. The number of nitrogens with one attached hydrogen (secondary N) is 2. The van der Waals surface area contributed by atoms with Crippen LogP contribution in [0.25, 0.3) is 0 Å². The van der Waals surface area contributed by atoms with Gasteiger partial charge in [-0.25, -0.2) is 0 Å². The van der Waals surface area contributed by atoms with Gasteiger partial charge in [-0.3, -0.25) is 4.79 Å². The van der Waals surface area contributed by atoms with E-state index in [1.54, 1.807) is 0 Å². The van der Waals surface area contributed by atoms with E-state index >= 15 is 0 Å². The molecule has 2 aromatic carbocycles. The predicted octanol–water partition coefficient (Wildman–Crippen LogP) is 5.74. The first-order valence-corrected chi connectivity index (χ1v) is 7.84. The topological polar surface area (TPSA) is 41.1 Å². The van der Waals surface area contributed by atoms with Gasteiger partial charge in [0, 0.05) is 10.7 Å². The second kappa shape index (κ2) is 7.67. The van der Waals surface area contributed by atoms with Crippen LogP contribution in [0.4, 0.5) is 37.7 Å². The number of hydrogen-bond acceptors (Lipinski definition) is 2. The molecule has 0 aliphatic heterocycles. The molecule has 0 aliphatic carbocycles. The SMILES string of the molecule is Cc1ccc(NCC(=O)Nc2ccc(Cl)cc2C(F)(F)F)cc1C(F)(F)F. The van der Waals surface area contributed by atoms with Crippen LogP contribution in [0.1, 0.15) is 16.7 Å². The Hall–Kier alpha value is -2.42. The maximum atomic E-state index is 13.0. The molecule has 0 atom stereocenters. The quantitative estimate of drug-likeness (QED) is 0.631. The van der Waals surface area contributed by atoms with E-state index in [0.717, 1.165) is 12.1 Å². The first-order chi connectivity index (χ1) is 12.4. The zero-order chi connectivity index (χ0) is 20.4. The summed E-state index contributed by atoms with van der Waals surface area (Å²) in [7, 11) is 0. The lowest BCUT2D eigenvalue weighted by atomic mass is 10.1. The number of rotatable bonds is 4. The molecule has 1 amide bonds. The Labute approximate surface area is 155 Å². The van der Waals surface area contributed by atoms with Crippen LogP contribution >= 0.6 is 11.6 Å². The van der Waals surface area contributed by atoms with Gasteiger partial charge in [-0.05, 0) is 42.8 Å². The number of alkyl halides is 6. The van der Waals surface area contributed by atoms with Crippen molar-refractivity contribution >= 4 is 28.9 Å². The molecule has 3 nitrogen and oxygen atoms in total. The molecule has 146 valence electrons. The summed E-state index contributed by atoms with van der Waals surface area (Å²) in [6.45, 7) is 0.763. The van der Waals surface area contributed by atoms with Crippen molar-refractivity contribution in [3.63, 3.8) is 0 Å². The van der Waals surface area contributed by atoms with Gasteiger partial charge in [0.1, 0.15) is 0 Å². The maximum absolute atomic E-state index is 13.0. The van der Waals surface area contributed by atoms with Crippen LogP contribution in [-0.4, -0.2) is 12.5 Å². The number of halogens is 7. The zero-order valence-electron chi connectivity index (χ0n) is 13.7. The third-order valence-corrected chi connectivity index (χ3v) is 3.79. The highest BCUT2D eigenvalue weighted by molar-refractivity contribution is 6.30. The lowest BCUT2D eigenvalue weighted by Gasteiger charge is -2.15. The minimum atomic E-state index is -4.74. The number of carbonyl (C=O) groups excluding carboxylic acids is 1. The molecule has 0 aromatic heterocycles. The second-order valence-electron chi connectivity index (χ2n) is 5.62. The fraction of sp³-hybridized carbons (Fsp3) is 0.235. The predicted molar refractivity (Wildman–Crippen MR) is 89.8 cm³/mol. The van der Waals surface area contributed by atoms with Gasteiger partial charge >= 0.3 is 12.4 Å². The summed E-state index contributed by atoms with van der Waals surface area (Å²) in [6, 6.07) is 6.23. The summed E-state index contributed by atoms with van der Waals surface area (Å²) in [4.78, 5) is 11.9. The molecule has 27 heavy (non-hydrogen) atoms. The van der Waals surface area contributed by atoms with Gasteiger partial charge in [-0.2, -0.15) is 26.3 Å². The van der Waals surface area contributed by atoms with Crippen molar-refractivity contribution < 1.29 is 31.1 Å². The van der Waals surface area contributed by atoms with E-state index in [9.17, 15) is 31.1 Å². The van der Waals surface area contributed by atoms with Gasteiger partial charge < -0.3 is 10.6 Å². The van der Waals surface area contributed by atoms with Crippen LogP contribution in [-0.2, 0) is 17.1 Å². The fourth-order valence-corrected chi connectivity index (χ4v) is 2.45. The van der Waals surface area contributed by atoms with Gasteiger partial charge in [-0.1, -0.05) is 17.7 Å². The summed E-state index contributed by atoms with van der Waals surface area (Å²) in [5.74, 6) is -0.864. The number of aryl methyl sites for hydroxylation is 1. The van der Waals surface area contributed by atoms with Gasteiger partial charge in [0.2, 0.25) is 5.91 Å². The van der Waals surface area contributed by atoms with Crippen molar-refractivity contribution in [1.29, 1.82) is 0 Å². The normalized spacial score (nSPS) is 12.0. The molecular formula is C17H13ClF6N2O. The second-order valence-corrected chi connectivity index (χ2v) is 6.05. The molecule has 0 aliphatic rings. The third-order valence-electron chi connectivity index (χ3n) is 3.56. The lowest BCUT2D eigenvalue weighted by Crippen LogP contribution is -2.23. The van der Waals surface area contributed by atoms with E-state index < -0.39 is 41.6 Å². The molecule has 0 radical (unpaired) electrons. The summed E-state index contributed by atoms with van der Waals surface area (Å²) < 4.78 is 77.6. The van der Waals surface area contributed by atoms with Crippen molar-refractivity contribution in [2.75, 3.05) is 17.2 Å². The molecule has 0 fully saturated rings. The molecule has 2 aromatic rings. The summed E-state index contributed by atoms with van der Waals surface area (Å²) >= 11 is 5.55. The average molecular weight is 411 g/mol. The van der Waals surface area contributed by atoms with E-state index in [2.05, 4.69) is 10.6 Å². The van der Waals surface area contributed by atoms with Gasteiger partial charge in [0.05, 0.1) is 23.4 Å². The molecule has 2 N–H and O–H groups in total. The molecule has 10 heteroatoms. The maximum Gasteiger partial charge on any atom is 0.418 e. The number of carbonyl (C=O) groups is 1. The Balaban J connectivity index is 2.10. The van der Waals surface area contributed by atoms with Crippen LogP contribution in [0.2, 0.25) is 5.02 Å². The first-order valence-electron chi connectivity index (χ1n) is 7.46.